The topological polar surface area (TPSA) is 52.6 Å². The van der Waals surface area contributed by atoms with Gasteiger partial charge in [-0.25, -0.2) is 4.79 Å². The first-order valence-electron chi connectivity index (χ1n) is 7.43. The Kier molecular flexibility index (Phi) is 5.39. The molecule has 0 spiro atoms. The molecule has 0 radical (unpaired) electrons. The fourth-order valence-electron chi connectivity index (χ4n) is 2.93. The van der Waals surface area contributed by atoms with Crippen molar-refractivity contribution in [1.82, 2.24) is 10.2 Å². The number of carbonyl (C=O) groups excluding carboxylic acids is 1. The number of urea groups is 1. The average molecular weight is 286 g/mol. The molecular formula is C14H26N2O2S. The smallest absolute Gasteiger partial charge is 0.317 e. The van der Waals surface area contributed by atoms with Gasteiger partial charge in [0, 0.05) is 31.5 Å². The summed E-state index contributed by atoms with van der Waals surface area (Å²) in [6.07, 6.45) is 5.17. The highest BCUT2D eigenvalue weighted by molar-refractivity contribution is 7.99. The minimum absolute atomic E-state index is 0.0530. The molecule has 110 valence electrons. The Hall–Kier alpha value is -0.420. The normalized spacial score (nSPS) is 27.1. The molecule has 0 bridgehead atoms. The van der Waals surface area contributed by atoms with Crippen molar-refractivity contribution < 1.29 is 9.90 Å². The van der Waals surface area contributed by atoms with Gasteiger partial charge < -0.3 is 15.3 Å². The first-order chi connectivity index (χ1) is 9.19. The molecule has 19 heavy (non-hydrogen) atoms. The monoisotopic (exact) mass is 286 g/mol. The van der Waals surface area contributed by atoms with Crippen LogP contribution in [0, 0.1) is 5.41 Å². The zero-order chi connectivity index (χ0) is 13.7. The fraction of sp³-hybridized carbons (Fsp3) is 0.929. The quantitative estimate of drug-likeness (QED) is 0.835. The van der Waals surface area contributed by atoms with E-state index >= 15 is 0 Å². The second kappa shape index (κ2) is 6.84. The molecule has 2 rings (SSSR count). The lowest BCUT2D eigenvalue weighted by atomic mass is 9.77. The minimum Gasteiger partial charge on any atom is -0.396 e. The molecule has 2 aliphatic heterocycles. The van der Waals surface area contributed by atoms with E-state index in [1.54, 1.807) is 0 Å². The Bertz CT molecular complexity index is 292. The number of likely N-dealkylation sites (tertiary alicyclic amines) is 1. The number of thioether (sulfide) groups is 1. The molecule has 2 heterocycles. The van der Waals surface area contributed by atoms with Gasteiger partial charge in [0.1, 0.15) is 0 Å². The number of aliphatic hydroxyl groups excluding tert-OH is 1. The summed E-state index contributed by atoms with van der Waals surface area (Å²) < 4.78 is 0. The summed E-state index contributed by atoms with van der Waals surface area (Å²) in [5.74, 6) is 2.28. The maximum absolute atomic E-state index is 12.2. The van der Waals surface area contributed by atoms with E-state index < -0.39 is 0 Å². The summed E-state index contributed by atoms with van der Waals surface area (Å²) in [5.41, 5.74) is 0.0530. The number of hydrogen-bond donors (Lipinski definition) is 2. The van der Waals surface area contributed by atoms with E-state index in [9.17, 15) is 9.90 Å². The van der Waals surface area contributed by atoms with Gasteiger partial charge in [0.15, 0.2) is 0 Å². The number of piperidine rings is 1. The number of nitrogens with zero attached hydrogens (tertiary/aromatic N) is 1. The van der Waals surface area contributed by atoms with E-state index in [4.69, 9.17) is 0 Å². The van der Waals surface area contributed by atoms with Gasteiger partial charge >= 0.3 is 6.03 Å². The fourth-order valence-corrected chi connectivity index (χ4v) is 4.00. The van der Waals surface area contributed by atoms with Crippen LogP contribution in [0.5, 0.6) is 0 Å². The zero-order valence-electron chi connectivity index (χ0n) is 11.9. The van der Waals surface area contributed by atoms with Crippen molar-refractivity contribution in [1.29, 1.82) is 0 Å². The molecule has 0 aliphatic carbocycles. The van der Waals surface area contributed by atoms with E-state index in [-0.39, 0.29) is 18.1 Å². The van der Waals surface area contributed by atoms with Gasteiger partial charge in [0.2, 0.25) is 0 Å². The molecule has 2 aliphatic rings. The zero-order valence-corrected chi connectivity index (χ0v) is 12.7. The van der Waals surface area contributed by atoms with E-state index in [0.29, 0.717) is 6.04 Å². The van der Waals surface area contributed by atoms with Gasteiger partial charge in [0.05, 0.1) is 0 Å². The molecule has 0 aromatic rings. The minimum atomic E-state index is 0.0530. The third kappa shape index (κ3) is 3.78. The van der Waals surface area contributed by atoms with E-state index in [1.807, 2.05) is 16.7 Å². The summed E-state index contributed by atoms with van der Waals surface area (Å²) in [6.45, 7) is 3.93. The summed E-state index contributed by atoms with van der Waals surface area (Å²) in [6, 6.07) is 0.442. The molecule has 2 N–H and O–H groups in total. The SMILES string of the molecule is CCC1(CO)CCN(C(=O)NC2CCCSC2)CC1. The van der Waals surface area contributed by atoms with Gasteiger partial charge in [0.25, 0.3) is 0 Å². The van der Waals surface area contributed by atoms with Crippen molar-refractivity contribution in [2.45, 2.75) is 45.1 Å². The number of rotatable bonds is 3. The van der Waals surface area contributed by atoms with Crippen LogP contribution in [0.15, 0.2) is 0 Å². The maximum atomic E-state index is 12.2. The molecule has 4 nitrogen and oxygen atoms in total. The van der Waals surface area contributed by atoms with Crippen LogP contribution < -0.4 is 5.32 Å². The first kappa shape index (κ1) is 15.0. The van der Waals surface area contributed by atoms with Crippen LogP contribution in [-0.2, 0) is 0 Å². The van der Waals surface area contributed by atoms with Crippen molar-refractivity contribution >= 4 is 17.8 Å². The molecule has 1 atom stereocenters. The molecule has 2 fully saturated rings. The van der Waals surface area contributed by atoms with Crippen LogP contribution >= 0.6 is 11.8 Å². The highest BCUT2D eigenvalue weighted by Crippen LogP contribution is 2.34. The van der Waals surface area contributed by atoms with Gasteiger partial charge in [-0.3, -0.25) is 0 Å². The summed E-state index contributed by atoms with van der Waals surface area (Å²) in [5, 5.41) is 12.7. The lowest BCUT2D eigenvalue weighted by Crippen LogP contribution is -2.51. The Morgan fingerprint density at radius 2 is 2.21 bits per heavy atom. The maximum Gasteiger partial charge on any atom is 0.317 e. The van der Waals surface area contributed by atoms with Crippen molar-refractivity contribution in [2.24, 2.45) is 5.41 Å². The number of hydrogen-bond acceptors (Lipinski definition) is 3. The Morgan fingerprint density at radius 1 is 1.47 bits per heavy atom. The molecule has 0 saturated carbocycles. The van der Waals surface area contributed by atoms with Crippen molar-refractivity contribution in [3.63, 3.8) is 0 Å². The summed E-state index contributed by atoms with van der Waals surface area (Å²) in [4.78, 5) is 14.1. The second-order valence-corrected chi connectivity index (χ2v) is 7.01. The number of amides is 2. The lowest BCUT2D eigenvalue weighted by molar-refractivity contribution is 0.0515. The molecule has 5 heteroatoms. The Labute approximate surface area is 120 Å². The second-order valence-electron chi connectivity index (χ2n) is 5.86. The number of nitrogens with one attached hydrogen (secondary N) is 1. The van der Waals surface area contributed by atoms with Crippen LogP contribution in [0.4, 0.5) is 4.79 Å². The Balaban J connectivity index is 1.78. The van der Waals surface area contributed by atoms with Gasteiger partial charge in [-0.05, 0) is 43.3 Å². The van der Waals surface area contributed by atoms with Crippen molar-refractivity contribution in [2.75, 3.05) is 31.2 Å². The predicted molar refractivity (Wildman–Crippen MR) is 79.5 cm³/mol. The van der Waals surface area contributed by atoms with Gasteiger partial charge in [-0.15, -0.1) is 0 Å². The standard InChI is InChI=1S/C14H26N2O2S/c1-2-14(11-17)5-7-16(8-6-14)13(18)15-12-4-3-9-19-10-12/h12,17H,2-11H2,1H3,(H,15,18). The molecule has 2 saturated heterocycles. The van der Waals surface area contributed by atoms with Crippen molar-refractivity contribution in [3.8, 4) is 0 Å². The molecule has 0 aromatic heterocycles. The predicted octanol–water partition coefficient (Wildman–Crippen LogP) is 2.08. The first-order valence-corrected chi connectivity index (χ1v) is 8.58. The lowest BCUT2D eigenvalue weighted by Gasteiger charge is -2.40. The Morgan fingerprint density at radius 3 is 2.74 bits per heavy atom. The van der Waals surface area contributed by atoms with E-state index in [0.717, 1.165) is 44.5 Å². The summed E-state index contributed by atoms with van der Waals surface area (Å²) in [7, 11) is 0. The van der Waals surface area contributed by atoms with Crippen LogP contribution in [-0.4, -0.2) is 53.3 Å². The van der Waals surface area contributed by atoms with Crippen LogP contribution in [0.1, 0.15) is 39.0 Å². The van der Waals surface area contributed by atoms with Crippen LogP contribution in [0.2, 0.25) is 0 Å². The van der Waals surface area contributed by atoms with E-state index in [2.05, 4.69) is 12.2 Å². The number of aliphatic hydroxyl groups is 1. The number of carbonyl (C=O) groups is 1. The molecule has 1 unspecified atom stereocenters. The van der Waals surface area contributed by atoms with Gasteiger partial charge in [-0.2, -0.15) is 11.8 Å². The van der Waals surface area contributed by atoms with Crippen LogP contribution in [0.25, 0.3) is 0 Å². The largest absolute Gasteiger partial charge is 0.396 e. The van der Waals surface area contributed by atoms with Gasteiger partial charge in [-0.1, -0.05) is 6.92 Å². The molecule has 0 aromatic carbocycles. The third-order valence-corrected chi connectivity index (χ3v) is 5.90. The molecule has 2 amide bonds. The summed E-state index contributed by atoms with van der Waals surface area (Å²) >= 11 is 1.93. The molecular weight excluding hydrogens is 260 g/mol. The average Bonchev–Trinajstić information content (AvgIpc) is 2.48. The van der Waals surface area contributed by atoms with Crippen molar-refractivity contribution in [3.05, 3.63) is 0 Å². The van der Waals surface area contributed by atoms with Crippen LogP contribution in [0.3, 0.4) is 0 Å². The highest BCUT2D eigenvalue weighted by Gasteiger charge is 2.34. The van der Waals surface area contributed by atoms with E-state index in [1.165, 1.54) is 12.2 Å². The highest BCUT2D eigenvalue weighted by atomic mass is 32.2. The third-order valence-electron chi connectivity index (χ3n) is 4.68.